The smallest absolute Gasteiger partial charge is 0.0117 e. The number of rotatable bonds is 5. The molecule has 0 spiro atoms. The van der Waals surface area contributed by atoms with Crippen molar-refractivity contribution >= 4 is 12.6 Å². The van der Waals surface area contributed by atoms with Gasteiger partial charge in [-0.25, -0.2) is 0 Å². The Kier molecular flexibility index (Phi) is 6.02. The first kappa shape index (κ1) is 13.3. The molecule has 0 aromatic heterocycles. The summed E-state index contributed by atoms with van der Waals surface area (Å²) in [6.07, 6.45) is 3.95. The molecule has 0 radical (unpaired) electrons. The molecule has 1 atom stereocenters. The van der Waals surface area contributed by atoms with E-state index in [1.54, 1.807) is 0 Å². The van der Waals surface area contributed by atoms with Crippen LogP contribution in [0.2, 0.25) is 0 Å². The Balaban J connectivity index is 2.24. The van der Waals surface area contributed by atoms with Crippen LogP contribution in [0.1, 0.15) is 33.1 Å². The second-order valence-electron chi connectivity index (χ2n) is 4.86. The predicted octanol–water partition coefficient (Wildman–Crippen LogP) is 2.11. The van der Waals surface area contributed by atoms with E-state index in [4.69, 9.17) is 0 Å². The molecule has 0 aromatic rings. The third kappa shape index (κ3) is 4.75. The first-order valence-corrected chi connectivity index (χ1v) is 6.75. The Morgan fingerprint density at radius 2 is 2.00 bits per heavy atom. The van der Waals surface area contributed by atoms with Gasteiger partial charge in [0.25, 0.3) is 0 Å². The SMILES string of the molecule is CCCN1CCC(N(C)CC(C)S)CC1. The average molecular weight is 230 g/mol. The van der Waals surface area contributed by atoms with E-state index in [9.17, 15) is 0 Å². The second-order valence-corrected chi connectivity index (χ2v) is 5.74. The lowest BCUT2D eigenvalue weighted by atomic mass is 10.0. The normalized spacial score (nSPS) is 22.2. The predicted molar refractivity (Wildman–Crippen MR) is 70.8 cm³/mol. The topological polar surface area (TPSA) is 6.48 Å². The fraction of sp³-hybridized carbons (Fsp3) is 1.00. The summed E-state index contributed by atoms with van der Waals surface area (Å²) in [6, 6.07) is 0.785. The lowest BCUT2D eigenvalue weighted by Gasteiger charge is -2.37. The molecule has 1 fully saturated rings. The van der Waals surface area contributed by atoms with Crippen LogP contribution < -0.4 is 0 Å². The zero-order valence-electron chi connectivity index (χ0n) is 10.4. The average Bonchev–Trinajstić information content (AvgIpc) is 2.18. The van der Waals surface area contributed by atoms with Crippen LogP contribution in [0.5, 0.6) is 0 Å². The van der Waals surface area contributed by atoms with Crippen LogP contribution in [0.25, 0.3) is 0 Å². The lowest BCUT2D eigenvalue weighted by Crippen LogP contribution is -2.44. The van der Waals surface area contributed by atoms with E-state index in [1.807, 2.05) is 0 Å². The maximum Gasteiger partial charge on any atom is 0.0117 e. The molecule has 90 valence electrons. The van der Waals surface area contributed by atoms with Crippen LogP contribution in [0.4, 0.5) is 0 Å². The van der Waals surface area contributed by atoms with Crippen molar-refractivity contribution in [3.8, 4) is 0 Å². The van der Waals surface area contributed by atoms with Crippen molar-refractivity contribution in [2.75, 3.05) is 33.2 Å². The fourth-order valence-electron chi connectivity index (χ4n) is 2.47. The molecule has 1 heterocycles. The van der Waals surface area contributed by atoms with Gasteiger partial charge < -0.3 is 9.80 Å². The first-order valence-electron chi connectivity index (χ1n) is 6.24. The molecule has 3 heteroatoms. The van der Waals surface area contributed by atoms with Gasteiger partial charge in [-0.15, -0.1) is 0 Å². The largest absolute Gasteiger partial charge is 0.303 e. The summed E-state index contributed by atoms with van der Waals surface area (Å²) in [5, 5.41) is 0.490. The van der Waals surface area contributed by atoms with E-state index < -0.39 is 0 Å². The summed E-state index contributed by atoms with van der Waals surface area (Å²) in [4.78, 5) is 5.08. The lowest BCUT2D eigenvalue weighted by molar-refractivity contribution is 0.129. The van der Waals surface area contributed by atoms with Gasteiger partial charge in [-0.1, -0.05) is 13.8 Å². The maximum atomic E-state index is 4.46. The molecule has 1 aliphatic rings. The van der Waals surface area contributed by atoms with Gasteiger partial charge in [0.15, 0.2) is 0 Å². The summed E-state index contributed by atoms with van der Waals surface area (Å²) in [5.74, 6) is 0. The van der Waals surface area contributed by atoms with Gasteiger partial charge in [-0.3, -0.25) is 0 Å². The monoisotopic (exact) mass is 230 g/mol. The highest BCUT2D eigenvalue weighted by Crippen LogP contribution is 2.16. The van der Waals surface area contributed by atoms with Crippen molar-refractivity contribution in [2.24, 2.45) is 0 Å². The highest BCUT2D eigenvalue weighted by atomic mass is 32.1. The molecule has 0 amide bonds. The fourth-order valence-corrected chi connectivity index (χ4v) is 2.72. The highest BCUT2D eigenvalue weighted by Gasteiger charge is 2.21. The van der Waals surface area contributed by atoms with Gasteiger partial charge in [0, 0.05) is 17.8 Å². The standard InChI is InChI=1S/C12H26N2S/c1-4-7-14-8-5-12(6-9-14)13(3)10-11(2)15/h11-12,15H,4-10H2,1-3H3. The van der Waals surface area contributed by atoms with E-state index in [0.717, 1.165) is 12.6 Å². The summed E-state index contributed by atoms with van der Waals surface area (Å²) >= 11 is 4.46. The third-order valence-electron chi connectivity index (χ3n) is 3.27. The zero-order valence-corrected chi connectivity index (χ0v) is 11.3. The molecule has 0 aromatic carbocycles. The van der Waals surface area contributed by atoms with Crippen molar-refractivity contribution in [1.29, 1.82) is 0 Å². The molecule has 2 nitrogen and oxygen atoms in total. The number of piperidine rings is 1. The Morgan fingerprint density at radius 1 is 1.40 bits per heavy atom. The van der Waals surface area contributed by atoms with E-state index in [1.165, 1.54) is 38.9 Å². The molecular weight excluding hydrogens is 204 g/mol. The van der Waals surface area contributed by atoms with Crippen LogP contribution in [0, 0.1) is 0 Å². The highest BCUT2D eigenvalue weighted by molar-refractivity contribution is 7.80. The second kappa shape index (κ2) is 6.77. The van der Waals surface area contributed by atoms with Gasteiger partial charge in [-0.05, 0) is 45.9 Å². The summed E-state index contributed by atoms with van der Waals surface area (Å²) in [5.41, 5.74) is 0. The van der Waals surface area contributed by atoms with Crippen molar-refractivity contribution in [3.63, 3.8) is 0 Å². The summed E-state index contributed by atoms with van der Waals surface area (Å²) in [6.45, 7) is 9.39. The minimum absolute atomic E-state index is 0.490. The maximum absolute atomic E-state index is 4.46. The van der Waals surface area contributed by atoms with Crippen LogP contribution in [-0.2, 0) is 0 Å². The molecular formula is C12H26N2S. The van der Waals surface area contributed by atoms with E-state index in [2.05, 4.69) is 43.3 Å². The number of nitrogens with zero attached hydrogens (tertiary/aromatic N) is 2. The van der Waals surface area contributed by atoms with Crippen molar-refractivity contribution in [1.82, 2.24) is 9.80 Å². The minimum atomic E-state index is 0.490. The van der Waals surface area contributed by atoms with E-state index in [-0.39, 0.29) is 0 Å². The van der Waals surface area contributed by atoms with Gasteiger partial charge in [0.1, 0.15) is 0 Å². The van der Waals surface area contributed by atoms with Crippen molar-refractivity contribution in [2.45, 2.75) is 44.4 Å². The van der Waals surface area contributed by atoms with Gasteiger partial charge in [0.05, 0.1) is 0 Å². The van der Waals surface area contributed by atoms with Crippen molar-refractivity contribution < 1.29 is 0 Å². The van der Waals surface area contributed by atoms with Crippen molar-refractivity contribution in [3.05, 3.63) is 0 Å². The van der Waals surface area contributed by atoms with Gasteiger partial charge in [0.2, 0.25) is 0 Å². The van der Waals surface area contributed by atoms with Crippen LogP contribution in [0.15, 0.2) is 0 Å². The quantitative estimate of drug-likeness (QED) is 0.723. The molecule has 15 heavy (non-hydrogen) atoms. The molecule has 0 bridgehead atoms. The van der Waals surface area contributed by atoms with E-state index in [0.29, 0.717) is 5.25 Å². The van der Waals surface area contributed by atoms with E-state index >= 15 is 0 Å². The molecule has 0 aliphatic carbocycles. The minimum Gasteiger partial charge on any atom is -0.303 e. The van der Waals surface area contributed by atoms with Crippen LogP contribution in [0.3, 0.4) is 0 Å². The third-order valence-corrected chi connectivity index (χ3v) is 3.44. The molecule has 0 saturated carbocycles. The van der Waals surface area contributed by atoms with Crippen LogP contribution >= 0.6 is 12.6 Å². The molecule has 0 N–H and O–H groups in total. The Bertz CT molecular complexity index is 165. The van der Waals surface area contributed by atoms with Crippen LogP contribution in [-0.4, -0.2) is 54.3 Å². The number of hydrogen-bond donors (Lipinski definition) is 1. The summed E-state index contributed by atoms with van der Waals surface area (Å²) < 4.78 is 0. The number of thiol groups is 1. The Labute approximate surface area is 100 Å². The first-order chi connectivity index (χ1) is 7.13. The Morgan fingerprint density at radius 3 is 2.47 bits per heavy atom. The van der Waals surface area contributed by atoms with Gasteiger partial charge >= 0.3 is 0 Å². The zero-order chi connectivity index (χ0) is 11.3. The van der Waals surface area contributed by atoms with Gasteiger partial charge in [-0.2, -0.15) is 12.6 Å². The number of hydrogen-bond acceptors (Lipinski definition) is 3. The molecule has 1 aliphatic heterocycles. The number of likely N-dealkylation sites (tertiary alicyclic amines) is 1. The molecule has 1 saturated heterocycles. The molecule has 1 unspecified atom stereocenters. The molecule has 1 rings (SSSR count). The Hall–Kier alpha value is 0.270. The summed E-state index contributed by atoms with van der Waals surface area (Å²) in [7, 11) is 2.24.